The zero-order valence-corrected chi connectivity index (χ0v) is 22.3. The van der Waals surface area contributed by atoms with Crippen LogP contribution in [0.5, 0.6) is 0 Å². The van der Waals surface area contributed by atoms with Gasteiger partial charge in [0.1, 0.15) is 0 Å². The lowest BCUT2D eigenvalue weighted by Crippen LogP contribution is -2.52. The van der Waals surface area contributed by atoms with Crippen LogP contribution < -0.4 is 4.90 Å². The first kappa shape index (κ1) is 26.0. The fraction of sp³-hybridized carbons (Fsp3) is 0.458. The van der Waals surface area contributed by atoms with Crippen LogP contribution in [0.3, 0.4) is 0 Å². The first-order valence-electron chi connectivity index (χ1n) is 11.1. The summed E-state index contributed by atoms with van der Waals surface area (Å²) in [6, 6.07) is 6.22. The predicted molar refractivity (Wildman–Crippen MR) is 135 cm³/mol. The number of hydrogen-bond acceptors (Lipinski definition) is 3. The van der Waals surface area contributed by atoms with Gasteiger partial charge in [-0.15, -0.1) is 0 Å². The lowest BCUT2D eigenvalue weighted by atomic mass is 9.78. The van der Waals surface area contributed by atoms with Gasteiger partial charge in [-0.3, -0.25) is 4.79 Å². The maximum atomic E-state index is 14.2. The average Bonchev–Trinajstić information content (AvgIpc) is 2.93. The Morgan fingerprint density at radius 2 is 1.82 bits per heavy atom. The molecule has 1 amide bonds. The van der Waals surface area contributed by atoms with Gasteiger partial charge < -0.3 is 14.9 Å². The number of alkyl halides is 3. The molecule has 0 aromatic heterocycles. The molecule has 1 aliphatic carbocycles. The minimum Gasteiger partial charge on any atom is -0.372 e. The zero-order valence-electron chi connectivity index (χ0n) is 18.6. The summed E-state index contributed by atoms with van der Waals surface area (Å²) in [5.41, 5.74) is -4.11. The van der Waals surface area contributed by atoms with Crippen molar-refractivity contribution in [2.75, 3.05) is 24.5 Å². The van der Waals surface area contributed by atoms with Gasteiger partial charge in [0, 0.05) is 37.3 Å². The SMILES string of the molecule is CCN(CC)C[C@H]1C[C@H](N2C(=O)C(O)(c3ccc(Cl)cc3Cl)c3c2cc(I)cc3C(F)(F)F)C1. The third kappa shape index (κ3) is 4.34. The van der Waals surface area contributed by atoms with Gasteiger partial charge in [-0.1, -0.05) is 43.1 Å². The Labute approximate surface area is 220 Å². The summed E-state index contributed by atoms with van der Waals surface area (Å²) in [5, 5.41) is 12.0. The van der Waals surface area contributed by atoms with Crippen molar-refractivity contribution in [1.82, 2.24) is 4.90 Å². The van der Waals surface area contributed by atoms with Crippen molar-refractivity contribution in [2.45, 2.75) is 44.5 Å². The van der Waals surface area contributed by atoms with Crippen LogP contribution in [0.1, 0.15) is 43.4 Å². The molecular formula is C24H24Cl2F3IN2O2. The van der Waals surface area contributed by atoms with Crippen molar-refractivity contribution < 1.29 is 23.1 Å². The van der Waals surface area contributed by atoms with Crippen LogP contribution in [0, 0.1) is 9.49 Å². The van der Waals surface area contributed by atoms with Gasteiger partial charge in [0.05, 0.1) is 11.3 Å². The summed E-state index contributed by atoms with van der Waals surface area (Å²) < 4.78 is 42.9. The highest BCUT2D eigenvalue weighted by molar-refractivity contribution is 14.1. The van der Waals surface area contributed by atoms with E-state index in [-0.39, 0.29) is 27.3 Å². The van der Waals surface area contributed by atoms with E-state index in [0.717, 1.165) is 25.7 Å². The molecule has 2 aliphatic rings. The van der Waals surface area contributed by atoms with Crippen LogP contribution in [0.25, 0.3) is 0 Å². The van der Waals surface area contributed by atoms with Crippen LogP contribution in [0.4, 0.5) is 18.9 Å². The first-order valence-corrected chi connectivity index (χ1v) is 12.9. The van der Waals surface area contributed by atoms with E-state index in [4.69, 9.17) is 23.2 Å². The van der Waals surface area contributed by atoms with Gasteiger partial charge in [0.2, 0.25) is 0 Å². The maximum Gasteiger partial charge on any atom is 0.416 e. The fourth-order valence-electron chi connectivity index (χ4n) is 5.08. The molecule has 2 aromatic carbocycles. The van der Waals surface area contributed by atoms with Crippen molar-refractivity contribution >= 4 is 57.4 Å². The summed E-state index contributed by atoms with van der Waals surface area (Å²) in [6.45, 7) is 6.84. The topological polar surface area (TPSA) is 43.8 Å². The standard InChI is InChI=1S/C24H24Cl2F3IN2O2/c1-3-31(4-2)12-13-7-16(8-13)32-20-11-15(30)10-18(24(27,28)29)21(20)23(34,22(32)33)17-6-5-14(25)9-19(17)26/h5-6,9-11,13,16,34H,3-4,7-8,12H2,1-2H3/t13-,16-,23?. The van der Waals surface area contributed by atoms with Gasteiger partial charge >= 0.3 is 6.18 Å². The Morgan fingerprint density at radius 3 is 2.38 bits per heavy atom. The molecule has 0 spiro atoms. The number of aliphatic hydroxyl groups is 1. The third-order valence-corrected chi connectivity index (χ3v) is 8.02. The fourth-order valence-corrected chi connectivity index (χ4v) is 6.23. The summed E-state index contributed by atoms with van der Waals surface area (Å²) in [5.74, 6) is -0.482. The molecule has 10 heteroatoms. The van der Waals surface area contributed by atoms with Crippen molar-refractivity contribution in [3.05, 3.63) is 60.6 Å². The number of nitrogens with zero attached hydrogens (tertiary/aromatic N) is 2. The second-order valence-corrected chi connectivity index (χ2v) is 10.9. The average molecular weight is 627 g/mol. The smallest absolute Gasteiger partial charge is 0.372 e. The molecule has 1 aliphatic heterocycles. The molecule has 1 unspecified atom stereocenters. The molecule has 4 rings (SSSR count). The molecular weight excluding hydrogens is 603 g/mol. The van der Waals surface area contributed by atoms with Crippen LogP contribution in [0.15, 0.2) is 30.3 Å². The van der Waals surface area contributed by atoms with E-state index < -0.39 is 28.8 Å². The highest BCUT2D eigenvalue weighted by Gasteiger charge is 2.58. The normalized spacial score (nSPS) is 24.5. The Balaban J connectivity index is 1.82. The van der Waals surface area contributed by atoms with Gasteiger partial charge in [-0.25, -0.2) is 0 Å². The van der Waals surface area contributed by atoms with E-state index in [1.54, 1.807) is 0 Å². The van der Waals surface area contributed by atoms with Crippen LogP contribution in [-0.4, -0.2) is 41.6 Å². The molecule has 1 fully saturated rings. The molecule has 0 saturated heterocycles. The number of hydrogen-bond donors (Lipinski definition) is 1. The van der Waals surface area contributed by atoms with E-state index in [2.05, 4.69) is 18.7 Å². The van der Waals surface area contributed by atoms with Crippen molar-refractivity contribution in [3.63, 3.8) is 0 Å². The quantitative estimate of drug-likeness (QED) is 0.382. The van der Waals surface area contributed by atoms with E-state index >= 15 is 0 Å². The minimum absolute atomic E-state index is 0.0733. The molecule has 0 bridgehead atoms. The van der Waals surface area contributed by atoms with Crippen LogP contribution in [0.2, 0.25) is 10.0 Å². The van der Waals surface area contributed by atoms with Crippen LogP contribution >= 0.6 is 45.8 Å². The summed E-state index contributed by atoms with van der Waals surface area (Å²) in [6.07, 6.45) is -3.47. The number of halogens is 6. The van der Waals surface area contributed by atoms with Crippen molar-refractivity contribution in [1.29, 1.82) is 0 Å². The van der Waals surface area contributed by atoms with Gasteiger partial charge in [-0.05, 0) is 78.7 Å². The highest BCUT2D eigenvalue weighted by atomic mass is 127. The van der Waals surface area contributed by atoms with E-state index in [0.29, 0.717) is 22.3 Å². The van der Waals surface area contributed by atoms with Gasteiger partial charge in [0.15, 0.2) is 5.60 Å². The summed E-state index contributed by atoms with van der Waals surface area (Å²) >= 11 is 14.1. The monoisotopic (exact) mass is 626 g/mol. The van der Waals surface area contributed by atoms with Gasteiger partial charge in [0.25, 0.3) is 5.91 Å². The first-order chi connectivity index (χ1) is 15.9. The number of carbonyl (C=O) groups is 1. The highest BCUT2D eigenvalue weighted by Crippen LogP contribution is 2.54. The van der Waals surface area contributed by atoms with E-state index in [9.17, 15) is 23.1 Å². The van der Waals surface area contributed by atoms with E-state index in [1.165, 1.54) is 29.2 Å². The zero-order chi connectivity index (χ0) is 25.0. The number of rotatable bonds is 6. The predicted octanol–water partition coefficient (Wildman–Crippen LogP) is 6.32. The third-order valence-electron chi connectivity index (χ3n) is 6.85. The number of fused-ring (bicyclic) bond motifs is 1. The minimum atomic E-state index is -4.78. The molecule has 1 saturated carbocycles. The number of carbonyl (C=O) groups excluding carboxylic acids is 1. The Hall–Kier alpha value is -1.07. The molecule has 34 heavy (non-hydrogen) atoms. The molecule has 1 heterocycles. The molecule has 2 aromatic rings. The largest absolute Gasteiger partial charge is 0.416 e. The van der Waals surface area contributed by atoms with Crippen molar-refractivity contribution in [2.24, 2.45) is 5.92 Å². The molecule has 184 valence electrons. The lowest BCUT2D eigenvalue weighted by molar-refractivity contribution is -0.142. The second-order valence-electron chi connectivity index (χ2n) is 8.83. The number of anilines is 1. The van der Waals surface area contributed by atoms with Gasteiger partial charge in [-0.2, -0.15) is 13.2 Å². The van der Waals surface area contributed by atoms with Crippen LogP contribution in [-0.2, 0) is 16.6 Å². The molecule has 0 radical (unpaired) electrons. The molecule has 4 nitrogen and oxygen atoms in total. The lowest BCUT2D eigenvalue weighted by Gasteiger charge is -2.43. The molecule has 1 N–H and O–H groups in total. The second kappa shape index (κ2) is 9.42. The maximum absolute atomic E-state index is 14.2. The summed E-state index contributed by atoms with van der Waals surface area (Å²) in [7, 11) is 0. The summed E-state index contributed by atoms with van der Waals surface area (Å²) in [4.78, 5) is 17.4. The number of amides is 1. The molecule has 1 atom stereocenters. The number of benzene rings is 2. The Morgan fingerprint density at radius 1 is 1.18 bits per heavy atom. The Kier molecular flexibility index (Phi) is 7.21. The van der Waals surface area contributed by atoms with E-state index in [1.807, 2.05) is 22.6 Å². The van der Waals surface area contributed by atoms with Crippen molar-refractivity contribution in [3.8, 4) is 0 Å². The Bertz CT molecular complexity index is 1120.